The van der Waals surface area contributed by atoms with E-state index in [2.05, 4.69) is 4.74 Å². The van der Waals surface area contributed by atoms with Gasteiger partial charge in [-0.3, -0.25) is 0 Å². The number of alkyl halides is 2. The van der Waals surface area contributed by atoms with E-state index in [0.29, 0.717) is 6.61 Å². The first-order valence-electron chi connectivity index (χ1n) is 3.38. The third-order valence-electron chi connectivity index (χ3n) is 1.21. The zero-order valence-electron chi connectivity index (χ0n) is 6.16. The van der Waals surface area contributed by atoms with Crippen molar-refractivity contribution >= 4 is 5.97 Å². The lowest BCUT2D eigenvalue weighted by atomic mass is 10.6. The molecule has 0 aliphatic carbocycles. The molecule has 1 aliphatic rings. The molecule has 70 valence electrons. The fraction of sp³-hybridized carbons (Fsp3) is 0.833. The Balaban J connectivity index is 2.24. The monoisotopic (exact) mass is 182 g/mol. The van der Waals surface area contributed by atoms with Crippen molar-refractivity contribution in [3.63, 3.8) is 0 Å². The lowest BCUT2D eigenvalue weighted by Gasteiger charge is -2.22. The van der Waals surface area contributed by atoms with Crippen molar-refractivity contribution in [3.8, 4) is 0 Å². The predicted octanol–water partition coefficient (Wildman–Crippen LogP) is 0.168. The molecule has 0 aromatic rings. The van der Waals surface area contributed by atoms with E-state index in [9.17, 15) is 13.6 Å². The predicted molar refractivity (Wildman–Crippen MR) is 32.7 cm³/mol. The Morgan fingerprint density at radius 2 is 2.25 bits per heavy atom. The molecule has 0 aromatic heterocycles. The molecule has 1 unspecified atom stereocenters. The van der Waals surface area contributed by atoms with Gasteiger partial charge in [0, 0.05) is 0 Å². The first-order valence-corrected chi connectivity index (χ1v) is 3.38. The molecule has 1 rings (SSSR count). The van der Waals surface area contributed by atoms with Crippen LogP contribution in [-0.2, 0) is 19.0 Å². The summed E-state index contributed by atoms with van der Waals surface area (Å²) < 4.78 is 37.1. The number of carbonyl (C=O) groups is 1. The van der Waals surface area contributed by atoms with Crippen LogP contribution in [0.15, 0.2) is 0 Å². The van der Waals surface area contributed by atoms with Crippen LogP contribution in [0.3, 0.4) is 0 Å². The molecule has 0 spiro atoms. The Morgan fingerprint density at radius 1 is 1.50 bits per heavy atom. The number of halogens is 2. The van der Waals surface area contributed by atoms with Crippen molar-refractivity contribution in [2.24, 2.45) is 0 Å². The van der Waals surface area contributed by atoms with E-state index in [4.69, 9.17) is 9.47 Å². The summed E-state index contributed by atoms with van der Waals surface area (Å²) in [7, 11) is 0. The van der Waals surface area contributed by atoms with Gasteiger partial charge in [0.2, 0.25) is 6.29 Å². The molecular weight excluding hydrogens is 174 g/mol. The highest BCUT2D eigenvalue weighted by Gasteiger charge is 2.24. The van der Waals surface area contributed by atoms with E-state index < -0.39 is 18.7 Å². The van der Waals surface area contributed by atoms with Crippen molar-refractivity contribution in [1.29, 1.82) is 0 Å². The van der Waals surface area contributed by atoms with Gasteiger partial charge in [-0.2, -0.15) is 8.78 Å². The fourth-order valence-corrected chi connectivity index (χ4v) is 0.715. The van der Waals surface area contributed by atoms with E-state index in [1.807, 2.05) is 0 Å². The van der Waals surface area contributed by atoms with Gasteiger partial charge in [0.15, 0.2) is 0 Å². The molecule has 4 nitrogen and oxygen atoms in total. The molecule has 0 aromatic carbocycles. The van der Waals surface area contributed by atoms with Crippen LogP contribution < -0.4 is 0 Å². The Labute approximate surface area is 67.4 Å². The molecule has 1 heterocycles. The van der Waals surface area contributed by atoms with Crippen LogP contribution in [0.25, 0.3) is 0 Å². The second kappa shape index (κ2) is 4.32. The summed E-state index contributed by atoms with van der Waals surface area (Å²) in [6.45, 7) is 0.655. The SMILES string of the molecule is O=C(OC1COCCO1)C(F)F. The lowest BCUT2D eigenvalue weighted by molar-refractivity contribution is -0.221. The van der Waals surface area contributed by atoms with E-state index in [1.54, 1.807) is 0 Å². The van der Waals surface area contributed by atoms with Crippen LogP contribution in [0.5, 0.6) is 0 Å². The number of esters is 1. The summed E-state index contributed by atoms with van der Waals surface area (Å²) in [6.07, 6.45) is -4.10. The Morgan fingerprint density at radius 3 is 2.75 bits per heavy atom. The summed E-state index contributed by atoms with van der Waals surface area (Å²) in [5.41, 5.74) is 0. The minimum atomic E-state index is -3.12. The minimum absolute atomic E-state index is 0.0124. The normalized spacial score (nSPS) is 24.1. The second-order valence-corrected chi connectivity index (χ2v) is 2.11. The second-order valence-electron chi connectivity index (χ2n) is 2.11. The van der Waals surface area contributed by atoms with Crippen LogP contribution in [0.2, 0.25) is 0 Å². The zero-order chi connectivity index (χ0) is 8.97. The first-order chi connectivity index (χ1) is 5.70. The summed E-state index contributed by atoms with van der Waals surface area (Å²) >= 11 is 0. The van der Waals surface area contributed by atoms with Gasteiger partial charge in [-0.15, -0.1) is 0 Å². The zero-order valence-corrected chi connectivity index (χ0v) is 6.16. The van der Waals surface area contributed by atoms with Crippen molar-refractivity contribution < 1.29 is 27.8 Å². The molecule has 1 atom stereocenters. The Kier molecular flexibility index (Phi) is 3.36. The molecule has 0 amide bonds. The molecular formula is C6H8F2O4. The number of carbonyl (C=O) groups excluding carboxylic acids is 1. The van der Waals surface area contributed by atoms with Gasteiger partial charge in [0.1, 0.15) is 6.61 Å². The van der Waals surface area contributed by atoms with E-state index in [0.717, 1.165) is 0 Å². The molecule has 1 fully saturated rings. The maximum atomic E-state index is 11.6. The third-order valence-corrected chi connectivity index (χ3v) is 1.21. The molecule has 1 aliphatic heterocycles. The van der Waals surface area contributed by atoms with Crippen molar-refractivity contribution in [2.45, 2.75) is 12.7 Å². The van der Waals surface area contributed by atoms with Gasteiger partial charge in [-0.1, -0.05) is 0 Å². The standard InChI is InChI=1S/C6H8F2O4/c7-5(8)6(9)12-4-3-10-1-2-11-4/h4-5H,1-3H2. The molecule has 6 heteroatoms. The van der Waals surface area contributed by atoms with Gasteiger partial charge >= 0.3 is 12.4 Å². The van der Waals surface area contributed by atoms with Gasteiger partial charge in [0.25, 0.3) is 0 Å². The highest BCUT2D eigenvalue weighted by Crippen LogP contribution is 2.05. The minimum Gasteiger partial charge on any atom is -0.429 e. The van der Waals surface area contributed by atoms with Crippen LogP contribution in [0.4, 0.5) is 8.78 Å². The van der Waals surface area contributed by atoms with E-state index in [1.165, 1.54) is 0 Å². The van der Waals surface area contributed by atoms with Crippen molar-refractivity contribution in [2.75, 3.05) is 19.8 Å². The average molecular weight is 182 g/mol. The van der Waals surface area contributed by atoms with Crippen LogP contribution >= 0.6 is 0 Å². The fourth-order valence-electron chi connectivity index (χ4n) is 0.715. The van der Waals surface area contributed by atoms with Crippen molar-refractivity contribution in [1.82, 2.24) is 0 Å². The number of rotatable bonds is 2. The number of ether oxygens (including phenoxy) is 3. The lowest BCUT2D eigenvalue weighted by Crippen LogP contribution is -2.34. The van der Waals surface area contributed by atoms with Gasteiger partial charge in [-0.05, 0) is 0 Å². The van der Waals surface area contributed by atoms with Crippen molar-refractivity contribution in [3.05, 3.63) is 0 Å². The van der Waals surface area contributed by atoms with Gasteiger partial charge in [0.05, 0.1) is 13.2 Å². The quantitative estimate of drug-likeness (QED) is 0.571. The summed E-state index contributed by atoms with van der Waals surface area (Å²) in [5.74, 6) is -1.58. The largest absolute Gasteiger partial charge is 0.429 e. The van der Waals surface area contributed by atoms with Gasteiger partial charge in [-0.25, -0.2) is 4.79 Å². The summed E-state index contributed by atoms with van der Waals surface area (Å²) in [6, 6.07) is 0. The average Bonchev–Trinajstić information content (AvgIpc) is 2.06. The molecule has 0 bridgehead atoms. The summed E-state index contributed by atoms with van der Waals surface area (Å²) in [5, 5.41) is 0. The maximum absolute atomic E-state index is 11.6. The van der Waals surface area contributed by atoms with Crippen LogP contribution in [0.1, 0.15) is 0 Å². The maximum Gasteiger partial charge on any atom is 0.376 e. The topological polar surface area (TPSA) is 44.8 Å². The molecule has 0 N–H and O–H groups in total. The van der Waals surface area contributed by atoms with Crippen LogP contribution in [0, 0.1) is 0 Å². The molecule has 0 saturated carbocycles. The Hall–Kier alpha value is -0.750. The number of hydrogen-bond acceptors (Lipinski definition) is 4. The third kappa shape index (κ3) is 2.71. The highest BCUT2D eigenvalue weighted by atomic mass is 19.3. The molecule has 0 radical (unpaired) electrons. The Bertz CT molecular complexity index is 156. The first kappa shape index (κ1) is 9.34. The molecule has 12 heavy (non-hydrogen) atoms. The van der Waals surface area contributed by atoms with E-state index in [-0.39, 0.29) is 13.2 Å². The van der Waals surface area contributed by atoms with Crippen LogP contribution in [-0.4, -0.2) is 38.5 Å². The highest BCUT2D eigenvalue weighted by molar-refractivity contribution is 5.72. The molecule has 1 saturated heterocycles. The smallest absolute Gasteiger partial charge is 0.376 e. The van der Waals surface area contributed by atoms with E-state index >= 15 is 0 Å². The number of hydrogen-bond donors (Lipinski definition) is 0. The summed E-state index contributed by atoms with van der Waals surface area (Å²) in [4.78, 5) is 10.3. The van der Waals surface area contributed by atoms with Gasteiger partial charge < -0.3 is 14.2 Å².